The third-order valence-corrected chi connectivity index (χ3v) is 3.69. The summed E-state index contributed by atoms with van der Waals surface area (Å²) in [5.41, 5.74) is 0. The lowest BCUT2D eigenvalue weighted by atomic mass is 9.98. The van der Waals surface area contributed by atoms with E-state index in [0.29, 0.717) is 0 Å². The lowest BCUT2D eigenvalue weighted by molar-refractivity contribution is -0.264. The highest BCUT2D eigenvalue weighted by Crippen LogP contribution is 2.41. The molecular weight excluding hydrogens is 392 g/mol. The fourth-order valence-electron chi connectivity index (χ4n) is 2.57. The van der Waals surface area contributed by atoms with Crippen molar-refractivity contribution in [3.8, 4) is 0 Å². The van der Waals surface area contributed by atoms with Gasteiger partial charge in [-0.2, -0.15) is 0 Å². The lowest BCUT2D eigenvalue weighted by Gasteiger charge is -2.40. The summed E-state index contributed by atoms with van der Waals surface area (Å²) in [5.74, 6) is -1.72. The second-order valence-electron chi connectivity index (χ2n) is 5.53. The first-order valence-electron chi connectivity index (χ1n) is 7.27. The first kappa shape index (κ1) is 19.1. The van der Waals surface area contributed by atoms with Gasteiger partial charge < -0.3 is 28.4 Å². The highest BCUT2D eigenvalue weighted by Gasteiger charge is 2.58. The summed E-state index contributed by atoms with van der Waals surface area (Å²) in [6, 6.07) is 0. The summed E-state index contributed by atoms with van der Waals surface area (Å²) >= 11 is 3.22. The van der Waals surface area contributed by atoms with Gasteiger partial charge in [0, 0.05) is 27.7 Å². The molecule has 0 bridgehead atoms. The molecule has 136 valence electrons. The Kier molecular flexibility index (Phi) is 5.84. The van der Waals surface area contributed by atoms with Crippen LogP contribution in [0.5, 0.6) is 0 Å². The quantitative estimate of drug-likeness (QED) is 0.374. The molecule has 2 saturated heterocycles. The molecule has 0 spiro atoms. The van der Waals surface area contributed by atoms with Crippen LogP contribution >= 0.6 is 15.9 Å². The van der Waals surface area contributed by atoms with Crippen molar-refractivity contribution < 1.29 is 42.8 Å². The van der Waals surface area contributed by atoms with Crippen LogP contribution in [0.25, 0.3) is 0 Å². The molecule has 0 aliphatic carbocycles. The number of rotatable bonds is 4. The van der Waals surface area contributed by atoms with Gasteiger partial charge in [0.05, 0.1) is 0 Å². The molecule has 0 saturated carbocycles. The van der Waals surface area contributed by atoms with E-state index in [1.807, 2.05) is 0 Å². The minimum atomic E-state index is -1.15. The van der Waals surface area contributed by atoms with Crippen molar-refractivity contribution in [1.29, 1.82) is 0 Å². The van der Waals surface area contributed by atoms with Gasteiger partial charge in [0.1, 0.15) is 12.7 Å². The molecule has 0 aromatic rings. The SMILES string of the molecule is CC(=O)OC[C@H]1O[C@@H]2OC(C)(Br)O[C@@H]2[C@@H](OC(C)=O)[C@@H]1OC(C)=O. The molecular formula is C14H19BrO9. The van der Waals surface area contributed by atoms with Crippen molar-refractivity contribution in [2.24, 2.45) is 0 Å². The second-order valence-corrected chi connectivity index (χ2v) is 6.97. The Morgan fingerprint density at radius 1 is 1.00 bits per heavy atom. The number of fused-ring (bicyclic) bond motifs is 1. The average Bonchev–Trinajstić information content (AvgIpc) is 2.72. The Hall–Kier alpha value is -1.23. The van der Waals surface area contributed by atoms with E-state index in [0.717, 1.165) is 0 Å². The van der Waals surface area contributed by atoms with E-state index in [-0.39, 0.29) is 6.61 Å². The summed E-state index contributed by atoms with van der Waals surface area (Å²) in [7, 11) is 0. The normalized spacial score (nSPS) is 38.1. The van der Waals surface area contributed by atoms with Gasteiger partial charge in [-0.1, -0.05) is 0 Å². The summed E-state index contributed by atoms with van der Waals surface area (Å²) < 4.78 is 31.2. The molecule has 10 heteroatoms. The van der Waals surface area contributed by atoms with Crippen molar-refractivity contribution in [3.63, 3.8) is 0 Å². The number of hydrogen-bond acceptors (Lipinski definition) is 9. The Labute approximate surface area is 147 Å². The summed E-state index contributed by atoms with van der Waals surface area (Å²) in [6.07, 6.45) is -4.60. The van der Waals surface area contributed by atoms with Gasteiger partial charge in [0.25, 0.3) is 0 Å². The molecule has 2 fully saturated rings. The molecule has 2 heterocycles. The highest BCUT2D eigenvalue weighted by molar-refractivity contribution is 9.10. The Balaban J connectivity index is 2.28. The van der Waals surface area contributed by atoms with Gasteiger partial charge in [-0.15, -0.1) is 0 Å². The van der Waals surface area contributed by atoms with Crippen LogP contribution in [0.3, 0.4) is 0 Å². The van der Waals surface area contributed by atoms with E-state index >= 15 is 0 Å². The van der Waals surface area contributed by atoms with E-state index < -0.39 is 53.3 Å². The molecule has 2 rings (SSSR count). The van der Waals surface area contributed by atoms with Crippen molar-refractivity contribution in [3.05, 3.63) is 0 Å². The fraction of sp³-hybridized carbons (Fsp3) is 0.786. The zero-order valence-corrected chi connectivity index (χ0v) is 15.2. The third kappa shape index (κ3) is 4.65. The maximum Gasteiger partial charge on any atom is 0.303 e. The van der Waals surface area contributed by atoms with Crippen LogP contribution in [0.1, 0.15) is 27.7 Å². The molecule has 0 aromatic carbocycles. The van der Waals surface area contributed by atoms with Crippen molar-refractivity contribution in [2.45, 2.75) is 63.1 Å². The smallest absolute Gasteiger partial charge is 0.303 e. The molecule has 0 N–H and O–H groups in total. The van der Waals surface area contributed by atoms with Gasteiger partial charge in [-0.25, -0.2) is 0 Å². The lowest BCUT2D eigenvalue weighted by Crippen LogP contribution is -2.60. The Morgan fingerprint density at radius 2 is 1.58 bits per heavy atom. The molecule has 2 aliphatic rings. The number of carbonyl (C=O) groups excluding carboxylic acids is 3. The zero-order valence-electron chi connectivity index (χ0n) is 13.6. The number of halogens is 1. The van der Waals surface area contributed by atoms with Crippen LogP contribution in [0.4, 0.5) is 0 Å². The van der Waals surface area contributed by atoms with Gasteiger partial charge >= 0.3 is 17.9 Å². The zero-order chi connectivity index (χ0) is 18.1. The monoisotopic (exact) mass is 410 g/mol. The van der Waals surface area contributed by atoms with Crippen LogP contribution in [-0.2, 0) is 42.8 Å². The standard InChI is InChI=1S/C14H19BrO9/c1-6(16)19-5-9-10(20-7(2)17)11(21-8(3)18)12-13(22-9)24-14(4,15)23-12/h9-13H,5H2,1-4H3/t9-,10-,11+,12-,13-,14?/m1/s1. The molecule has 9 nitrogen and oxygen atoms in total. The van der Waals surface area contributed by atoms with Crippen LogP contribution in [0, 0.1) is 0 Å². The van der Waals surface area contributed by atoms with Gasteiger partial charge in [0.15, 0.2) is 24.6 Å². The predicted octanol–water partition coefficient (Wildman–Crippen LogP) is 0.622. The number of hydrogen-bond donors (Lipinski definition) is 0. The molecule has 0 aromatic heterocycles. The third-order valence-electron chi connectivity index (χ3n) is 3.32. The van der Waals surface area contributed by atoms with E-state index in [4.69, 9.17) is 28.4 Å². The minimum absolute atomic E-state index is 0.198. The molecule has 6 atom stereocenters. The summed E-state index contributed by atoms with van der Waals surface area (Å²) in [5, 5.41) is 0. The molecule has 1 unspecified atom stereocenters. The maximum atomic E-state index is 11.5. The topological polar surface area (TPSA) is 107 Å². The van der Waals surface area contributed by atoms with Gasteiger partial charge in [-0.3, -0.25) is 14.4 Å². The van der Waals surface area contributed by atoms with Crippen LogP contribution in [0.15, 0.2) is 0 Å². The van der Waals surface area contributed by atoms with Gasteiger partial charge in [-0.05, 0) is 15.9 Å². The first-order chi connectivity index (χ1) is 11.1. The predicted molar refractivity (Wildman–Crippen MR) is 79.7 cm³/mol. The number of alkyl halides is 1. The Morgan fingerprint density at radius 3 is 2.12 bits per heavy atom. The first-order valence-corrected chi connectivity index (χ1v) is 8.06. The Bertz CT molecular complexity index is 520. The van der Waals surface area contributed by atoms with Gasteiger partial charge in [0.2, 0.25) is 4.70 Å². The number of carbonyl (C=O) groups is 3. The number of esters is 3. The van der Waals surface area contributed by atoms with E-state index in [2.05, 4.69) is 15.9 Å². The maximum absolute atomic E-state index is 11.5. The van der Waals surface area contributed by atoms with Crippen LogP contribution in [0.2, 0.25) is 0 Å². The second kappa shape index (κ2) is 7.34. The molecule has 0 radical (unpaired) electrons. The molecule has 0 amide bonds. The van der Waals surface area contributed by atoms with Crippen molar-refractivity contribution >= 4 is 33.8 Å². The fourth-order valence-corrected chi connectivity index (χ4v) is 2.97. The van der Waals surface area contributed by atoms with E-state index in [1.165, 1.54) is 20.8 Å². The highest BCUT2D eigenvalue weighted by atomic mass is 79.9. The van der Waals surface area contributed by atoms with E-state index in [1.54, 1.807) is 6.92 Å². The van der Waals surface area contributed by atoms with Crippen molar-refractivity contribution in [1.82, 2.24) is 0 Å². The largest absolute Gasteiger partial charge is 0.463 e. The minimum Gasteiger partial charge on any atom is -0.463 e. The molecule has 24 heavy (non-hydrogen) atoms. The summed E-state index contributed by atoms with van der Waals surface area (Å²) in [4.78, 5) is 34.0. The average molecular weight is 411 g/mol. The van der Waals surface area contributed by atoms with Crippen molar-refractivity contribution in [2.75, 3.05) is 6.61 Å². The van der Waals surface area contributed by atoms with E-state index in [9.17, 15) is 14.4 Å². The van der Waals surface area contributed by atoms with Crippen LogP contribution < -0.4 is 0 Å². The number of ether oxygens (including phenoxy) is 6. The summed E-state index contributed by atoms with van der Waals surface area (Å²) in [6.45, 7) is 5.07. The van der Waals surface area contributed by atoms with Crippen LogP contribution in [-0.4, -0.2) is 59.9 Å². The molecule has 2 aliphatic heterocycles.